The Kier molecular flexibility index (Phi) is 5.07. The second kappa shape index (κ2) is 6.62. The Morgan fingerprint density at radius 2 is 2.06 bits per heavy atom. The molecule has 0 atom stereocenters. The third-order valence-corrected chi connectivity index (χ3v) is 2.31. The lowest BCUT2D eigenvalue weighted by atomic mass is 10.1. The van der Waals surface area contributed by atoms with Gasteiger partial charge in [0.25, 0.3) is 0 Å². The highest BCUT2D eigenvalue weighted by Crippen LogP contribution is 2.03. The fourth-order valence-corrected chi connectivity index (χ4v) is 1.53. The van der Waals surface area contributed by atoms with Crippen LogP contribution in [0.1, 0.15) is 18.9 Å². The van der Waals surface area contributed by atoms with E-state index in [-0.39, 0.29) is 12.5 Å². The number of nitrogens with zero attached hydrogens (tertiary/aromatic N) is 2. The van der Waals surface area contributed by atoms with Crippen LogP contribution in [0.5, 0.6) is 0 Å². The highest BCUT2D eigenvalue weighted by molar-refractivity contribution is 5.78. The summed E-state index contributed by atoms with van der Waals surface area (Å²) in [7, 11) is 0. The minimum atomic E-state index is 0.0228. The number of rotatable bonds is 5. The maximum atomic E-state index is 11.9. The number of carbonyl (C=O) groups excluding carboxylic acids is 1. The quantitative estimate of drug-likeness (QED) is 0.706. The van der Waals surface area contributed by atoms with Crippen molar-refractivity contribution in [3.05, 3.63) is 35.9 Å². The van der Waals surface area contributed by atoms with Crippen LogP contribution in [-0.2, 0) is 11.2 Å². The lowest BCUT2D eigenvalue weighted by Gasteiger charge is -2.18. The molecule has 1 rings (SSSR count). The number of hydrogen-bond donors (Lipinski definition) is 0. The van der Waals surface area contributed by atoms with Gasteiger partial charge in [-0.15, -0.1) is 0 Å². The van der Waals surface area contributed by atoms with Gasteiger partial charge in [0.2, 0.25) is 5.91 Å². The smallest absolute Gasteiger partial charge is 0.227 e. The van der Waals surface area contributed by atoms with E-state index in [0.717, 1.165) is 12.0 Å². The summed E-state index contributed by atoms with van der Waals surface area (Å²) in [5.74, 6) is 0.0228. The molecule has 0 radical (unpaired) electrons. The van der Waals surface area contributed by atoms with Crippen molar-refractivity contribution in [2.24, 2.45) is 0 Å². The normalized spacial score (nSPS) is 9.50. The van der Waals surface area contributed by atoms with Crippen molar-refractivity contribution < 1.29 is 4.79 Å². The number of nitriles is 1. The van der Waals surface area contributed by atoms with Crippen LogP contribution in [0.4, 0.5) is 0 Å². The van der Waals surface area contributed by atoms with E-state index in [1.165, 1.54) is 0 Å². The highest BCUT2D eigenvalue weighted by Gasteiger charge is 2.12. The molecular weight excluding hydrogens is 200 g/mol. The number of amides is 1. The summed E-state index contributed by atoms with van der Waals surface area (Å²) < 4.78 is 0. The van der Waals surface area contributed by atoms with Crippen LogP contribution >= 0.6 is 0 Å². The zero-order chi connectivity index (χ0) is 11.8. The number of hydrogen-bond acceptors (Lipinski definition) is 2. The van der Waals surface area contributed by atoms with Gasteiger partial charge in [-0.3, -0.25) is 4.79 Å². The lowest BCUT2D eigenvalue weighted by Crippen LogP contribution is -2.33. The standard InChI is InChI=1S/C13H16N2O/c1-2-9-15(10-8-14)13(16)11-12-6-4-3-5-7-12/h3-7H,2,9-11H2,1H3. The van der Waals surface area contributed by atoms with Crippen LogP contribution in [-0.4, -0.2) is 23.9 Å². The van der Waals surface area contributed by atoms with Crippen LogP contribution in [0.25, 0.3) is 0 Å². The van der Waals surface area contributed by atoms with Crippen molar-refractivity contribution >= 4 is 5.91 Å². The Bertz CT molecular complexity index is 367. The first kappa shape index (κ1) is 12.3. The highest BCUT2D eigenvalue weighted by atomic mass is 16.2. The molecule has 0 saturated carbocycles. The molecular formula is C13H16N2O. The van der Waals surface area contributed by atoms with Gasteiger partial charge < -0.3 is 4.90 Å². The zero-order valence-corrected chi connectivity index (χ0v) is 9.52. The molecule has 0 aromatic heterocycles. The van der Waals surface area contributed by atoms with E-state index in [1.807, 2.05) is 43.3 Å². The first-order chi connectivity index (χ1) is 7.77. The molecule has 0 heterocycles. The second-order valence-electron chi connectivity index (χ2n) is 3.64. The third-order valence-electron chi connectivity index (χ3n) is 2.31. The molecule has 0 N–H and O–H groups in total. The van der Waals surface area contributed by atoms with Crippen LogP contribution in [0.3, 0.4) is 0 Å². The van der Waals surface area contributed by atoms with Crippen LogP contribution < -0.4 is 0 Å². The predicted molar refractivity (Wildman–Crippen MR) is 62.6 cm³/mol. The van der Waals surface area contributed by atoms with Gasteiger partial charge in [0, 0.05) is 6.54 Å². The molecule has 16 heavy (non-hydrogen) atoms. The van der Waals surface area contributed by atoms with E-state index in [0.29, 0.717) is 13.0 Å². The predicted octanol–water partition coefficient (Wildman–Crippen LogP) is 1.99. The first-order valence-corrected chi connectivity index (χ1v) is 5.46. The van der Waals surface area contributed by atoms with Gasteiger partial charge in [0.15, 0.2) is 0 Å². The molecule has 0 fully saturated rings. The monoisotopic (exact) mass is 216 g/mol. The Morgan fingerprint density at radius 1 is 1.38 bits per heavy atom. The molecule has 0 saturated heterocycles. The van der Waals surface area contributed by atoms with Gasteiger partial charge in [-0.05, 0) is 12.0 Å². The summed E-state index contributed by atoms with van der Waals surface area (Å²) in [5.41, 5.74) is 0.992. The van der Waals surface area contributed by atoms with Gasteiger partial charge in [-0.1, -0.05) is 37.3 Å². The molecule has 1 amide bonds. The summed E-state index contributed by atoms with van der Waals surface area (Å²) >= 11 is 0. The molecule has 0 aliphatic rings. The summed E-state index contributed by atoms with van der Waals surface area (Å²) in [6.45, 7) is 2.83. The Morgan fingerprint density at radius 3 is 2.62 bits per heavy atom. The van der Waals surface area contributed by atoms with Crippen molar-refractivity contribution in [3.63, 3.8) is 0 Å². The van der Waals surface area contributed by atoms with Crippen molar-refractivity contribution in [2.75, 3.05) is 13.1 Å². The maximum Gasteiger partial charge on any atom is 0.227 e. The molecule has 0 aliphatic heterocycles. The van der Waals surface area contributed by atoms with Crippen molar-refractivity contribution in [2.45, 2.75) is 19.8 Å². The fraction of sp³-hybridized carbons (Fsp3) is 0.385. The van der Waals surface area contributed by atoms with Gasteiger partial charge in [-0.2, -0.15) is 5.26 Å². The minimum Gasteiger partial charge on any atom is -0.329 e. The largest absolute Gasteiger partial charge is 0.329 e. The Balaban J connectivity index is 2.59. The van der Waals surface area contributed by atoms with E-state index in [4.69, 9.17) is 5.26 Å². The second-order valence-corrected chi connectivity index (χ2v) is 3.64. The molecule has 0 unspecified atom stereocenters. The van der Waals surface area contributed by atoms with E-state index < -0.39 is 0 Å². The van der Waals surface area contributed by atoms with Crippen molar-refractivity contribution in [3.8, 4) is 6.07 Å². The molecule has 3 nitrogen and oxygen atoms in total. The summed E-state index contributed by atoms with van der Waals surface area (Å²) in [6, 6.07) is 11.6. The molecule has 0 aliphatic carbocycles. The average Bonchev–Trinajstić information content (AvgIpc) is 2.30. The van der Waals surface area contributed by atoms with E-state index in [9.17, 15) is 4.79 Å². The molecule has 0 spiro atoms. The number of carbonyl (C=O) groups is 1. The van der Waals surface area contributed by atoms with E-state index in [1.54, 1.807) is 4.90 Å². The van der Waals surface area contributed by atoms with Crippen molar-refractivity contribution in [1.82, 2.24) is 4.90 Å². The third kappa shape index (κ3) is 3.74. The topological polar surface area (TPSA) is 44.1 Å². The number of benzene rings is 1. The summed E-state index contributed by atoms with van der Waals surface area (Å²) in [4.78, 5) is 13.5. The molecule has 1 aromatic rings. The van der Waals surface area contributed by atoms with E-state index >= 15 is 0 Å². The van der Waals surface area contributed by atoms with Gasteiger partial charge in [-0.25, -0.2) is 0 Å². The van der Waals surface area contributed by atoms with Crippen LogP contribution in [0.2, 0.25) is 0 Å². The summed E-state index contributed by atoms with van der Waals surface area (Å²) in [5, 5.41) is 8.63. The van der Waals surface area contributed by atoms with Gasteiger partial charge >= 0.3 is 0 Å². The first-order valence-electron chi connectivity index (χ1n) is 5.46. The SMILES string of the molecule is CCCN(CC#N)C(=O)Cc1ccccc1. The zero-order valence-electron chi connectivity index (χ0n) is 9.52. The van der Waals surface area contributed by atoms with Crippen LogP contribution in [0.15, 0.2) is 30.3 Å². The molecule has 3 heteroatoms. The molecule has 0 bridgehead atoms. The minimum absolute atomic E-state index is 0.0228. The maximum absolute atomic E-state index is 11.9. The van der Waals surface area contributed by atoms with Crippen molar-refractivity contribution in [1.29, 1.82) is 5.26 Å². The molecule has 84 valence electrons. The Labute approximate surface area is 96.3 Å². The fourth-order valence-electron chi connectivity index (χ4n) is 1.53. The Hall–Kier alpha value is -1.82. The summed E-state index contributed by atoms with van der Waals surface area (Å²) in [6.07, 6.45) is 1.25. The van der Waals surface area contributed by atoms with Crippen LogP contribution in [0, 0.1) is 11.3 Å². The average molecular weight is 216 g/mol. The molecule has 1 aromatic carbocycles. The van der Waals surface area contributed by atoms with Gasteiger partial charge in [0.05, 0.1) is 12.5 Å². The van der Waals surface area contributed by atoms with E-state index in [2.05, 4.69) is 0 Å². The lowest BCUT2D eigenvalue weighted by molar-refractivity contribution is -0.129. The van der Waals surface area contributed by atoms with Gasteiger partial charge in [0.1, 0.15) is 6.54 Å².